The number of rotatable bonds is 5. The number of aromatic carboxylic acids is 1. The Hall–Kier alpha value is -2.09. The van der Waals surface area contributed by atoms with Crippen LogP contribution in [0.15, 0.2) is 18.3 Å². The number of amides is 2. The highest BCUT2D eigenvalue weighted by Gasteiger charge is 2.35. The molecule has 1 atom stereocenters. The van der Waals surface area contributed by atoms with Crippen molar-refractivity contribution >= 4 is 29.5 Å². The molecule has 7 nitrogen and oxygen atoms in total. The van der Waals surface area contributed by atoms with Gasteiger partial charge in [0.05, 0.1) is 5.88 Å². The van der Waals surface area contributed by atoms with Gasteiger partial charge >= 0.3 is 5.97 Å². The van der Waals surface area contributed by atoms with Crippen molar-refractivity contribution in [3.63, 3.8) is 0 Å². The Bertz CT molecular complexity index is 620. The number of carbonyl (C=O) groups is 3. The molecule has 0 radical (unpaired) electrons. The summed E-state index contributed by atoms with van der Waals surface area (Å²) in [7, 11) is 0. The van der Waals surface area contributed by atoms with Gasteiger partial charge in [0.1, 0.15) is 11.7 Å². The number of carboxylic acids is 1. The maximum Gasteiger partial charge on any atom is 0.354 e. The lowest BCUT2D eigenvalue weighted by molar-refractivity contribution is -0.124. The number of carbonyl (C=O) groups excluding carboxylic acids is 2. The molecule has 23 heavy (non-hydrogen) atoms. The Balaban J connectivity index is 2.13. The fraction of sp³-hybridized carbons (Fsp3) is 0.467. The van der Waals surface area contributed by atoms with Crippen molar-refractivity contribution in [1.82, 2.24) is 15.2 Å². The number of nitrogens with one attached hydrogen (secondary N) is 1. The highest BCUT2D eigenvalue weighted by molar-refractivity contribution is 7.99. The summed E-state index contributed by atoms with van der Waals surface area (Å²) in [5.74, 6) is -0.457. The summed E-state index contributed by atoms with van der Waals surface area (Å²) in [5, 5.41) is 11.8. The summed E-state index contributed by atoms with van der Waals surface area (Å²) in [4.78, 5) is 41.0. The predicted octanol–water partition coefficient (Wildman–Crippen LogP) is 1.07. The number of pyridine rings is 1. The summed E-state index contributed by atoms with van der Waals surface area (Å²) < 4.78 is 0. The second-order valence-electron chi connectivity index (χ2n) is 5.66. The van der Waals surface area contributed by atoms with Crippen LogP contribution in [0.1, 0.15) is 34.7 Å². The second kappa shape index (κ2) is 7.45. The fourth-order valence-electron chi connectivity index (χ4n) is 2.13. The number of thioether (sulfide) groups is 1. The van der Waals surface area contributed by atoms with Crippen LogP contribution in [-0.4, -0.2) is 57.0 Å². The molecule has 1 aliphatic heterocycles. The van der Waals surface area contributed by atoms with Gasteiger partial charge in [-0.1, -0.05) is 13.8 Å². The molecule has 0 aromatic carbocycles. The third-order valence-electron chi connectivity index (χ3n) is 3.36. The summed E-state index contributed by atoms with van der Waals surface area (Å²) >= 11 is 1.50. The van der Waals surface area contributed by atoms with E-state index in [-0.39, 0.29) is 23.1 Å². The van der Waals surface area contributed by atoms with Gasteiger partial charge in [0, 0.05) is 24.1 Å². The minimum Gasteiger partial charge on any atom is -0.477 e. The van der Waals surface area contributed by atoms with Crippen LogP contribution in [0.4, 0.5) is 0 Å². The van der Waals surface area contributed by atoms with Gasteiger partial charge in [0.15, 0.2) is 0 Å². The molecule has 1 aromatic rings. The van der Waals surface area contributed by atoms with Crippen molar-refractivity contribution in [3.05, 3.63) is 29.6 Å². The lowest BCUT2D eigenvalue weighted by atomic mass is 10.1. The first-order valence-electron chi connectivity index (χ1n) is 7.26. The Morgan fingerprint density at radius 2 is 2.22 bits per heavy atom. The van der Waals surface area contributed by atoms with E-state index in [1.807, 2.05) is 13.8 Å². The topological polar surface area (TPSA) is 99.6 Å². The van der Waals surface area contributed by atoms with Gasteiger partial charge in [-0.3, -0.25) is 9.59 Å². The molecule has 1 fully saturated rings. The molecule has 0 bridgehead atoms. The molecule has 0 saturated carbocycles. The van der Waals surface area contributed by atoms with E-state index in [1.165, 1.54) is 35.0 Å². The largest absolute Gasteiger partial charge is 0.477 e. The average molecular weight is 337 g/mol. The maximum atomic E-state index is 12.6. The zero-order valence-corrected chi connectivity index (χ0v) is 13.8. The molecule has 2 amide bonds. The van der Waals surface area contributed by atoms with Gasteiger partial charge in [-0.25, -0.2) is 9.78 Å². The SMILES string of the molecule is CC(C)CNC(=O)C1CSCN1C(=O)c1ccnc(C(=O)O)c1. The van der Waals surface area contributed by atoms with Crippen molar-refractivity contribution in [2.75, 3.05) is 18.2 Å². The minimum atomic E-state index is -1.19. The van der Waals surface area contributed by atoms with Crippen LogP contribution in [0.5, 0.6) is 0 Å². The minimum absolute atomic E-state index is 0.176. The molecule has 0 spiro atoms. The van der Waals surface area contributed by atoms with Crippen molar-refractivity contribution in [1.29, 1.82) is 0 Å². The molecule has 1 aliphatic rings. The van der Waals surface area contributed by atoms with Gasteiger partial charge in [0.2, 0.25) is 5.91 Å². The summed E-state index contributed by atoms with van der Waals surface area (Å²) in [6.07, 6.45) is 1.29. The monoisotopic (exact) mass is 337 g/mol. The molecule has 2 rings (SSSR count). The van der Waals surface area contributed by atoms with E-state index in [4.69, 9.17) is 5.11 Å². The van der Waals surface area contributed by atoms with E-state index in [0.717, 1.165) is 0 Å². The van der Waals surface area contributed by atoms with E-state index in [2.05, 4.69) is 10.3 Å². The highest BCUT2D eigenvalue weighted by Crippen LogP contribution is 2.23. The quantitative estimate of drug-likeness (QED) is 0.834. The highest BCUT2D eigenvalue weighted by atomic mass is 32.2. The van der Waals surface area contributed by atoms with Crippen LogP contribution in [0, 0.1) is 5.92 Å². The van der Waals surface area contributed by atoms with Crippen LogP contribution in [0.3, 0.4) is 0 Å². The smallest absolute Gasteiger partial charge is 0.354 e. The van der Waals surface area contributed by atoms with Gasteiger partial charge in [-0.15, -0.1) is 11.8 Å². The summed E-state index contributed by atoms with van der Waals surface area (Å²) in [6.45, 7) is 4.55. The standard InChI is InChI=1S/C15H19N3O4S/c1-9(2)6-17-13(19)12-7-23-8-18(12)14(20)10-3-4-16-11(5-10)15(21)22/h3-5,9,12H,6-8H2,1-2H3,(H,17,19)(H,21,22). The van der Waals surface area contributed by atoms with Crippen molar-refractivity contribution in [2.45, 2.75) is 19.9 Å². The van der Waals surface area contributed by atoms with Gasteiger partial charge < -0.3 is 15.3 Å². The van der Waals surface area contributed by atoms with E-state index in [0.29, 0.717) is 24.1 Å². The molecule has 2 N–H and O–H groups in total. The summed E-state index contributed by atoms with van der Waals surface area (Å²) in [6, 6.07) is 2.16. The van der Waals surface area contributed by atoms with Gasteiger partial charge in [-0.2, -0.15) is 0 Å². The second-order valence-corrected chi connectivity index (χ2v) is 6.66. The fourth-order valence-corrected chi connectivity index (χ4v) is 3.28. The molecule has 124 valence electrons. The molecule has 1 saturated heterocycles. The zero-order valence-electron chi connectivity index (χ0n) is 13.0. The molecular weight excluding hydrogens is 318 g/mol. The Morgan fingerprint density at radius 1 is 1.48 bits per heavy atom. The van der Waals surface area contributed by atoms with Crippen LogP contribution in [0.25, 0.3) is 0 Å². The van der Waals surface area contributed by atoms with Crippen LogP contribution >= 0.6 is 11.8 Å². The lowest BCUT2D eigenvalue weighted by Crippen LogP contribution is -2.48. The Morgan fingerprint density at radius 3 is 2.87 bits per heavy atom. The summed E-state index contributed by atoms with van der Waals surface area (Å²) in [5.41, 5.74) is 0.0325. The van der Waals surface area contributed by atoms with E-state index < -0.39 is 12.0 Å². The molecule has 8 heteroatoms. The maximum absolute atomic E-state index is 12.6. The number of hydrogen-bond acceptors (Lipinski definition) is 5. The number of nitrogens with zero attached hydrogens (tertiary/aromatic N) is 2. The van der Waals surface area contributed by atoms with Gasteiger partial charge in [0.25, 0.3) is 5.91 Å². The Labute approximate surface area is 138 Å². The molecule has 1 aromatic heterocycles. The molecule has 1 unspecified atom stereocenters. The normalized spacial score (nSPS) is 17.3. The molecule has 0 aliphatic carbocycles. The number of aromatic nitrogens is 1. The van der Waals surface area contributed by atoms with Gasteiger partial charge in [-0.05, 0) is 18.1 Å². The third-order valence-corrected chi connectivity index (χ3v) is 4.37. The zero-order chi connectivity index (χ0) is 17.0. The van der Waals surface area contributed by atoms with Crippen molar-refractivity contribution in [3.8, 4) is 0 Å². The van der Waals surface area contributed by atoms with E-state index in [9.17, 15) is 14.4 Å². The Kier molecular flexibility index (Phi) is 5.59. The van der Waals surface area contributed by atoms with Crippen molar-refractivity contribution < 1.29 is 19.5 Å². The van der Waals surface area contributed by atoms with Crippen LogP contribution < -0.4 is 5.32 Å². The number of hydrogen-bond donors (Lipinski definition) is 2. The predicted molar refractivity (Wildman–Crippen MR) is 86.3 cm³/mol. The van der Waals surface area contributed by atoms with Crippen molar-refractivity contribution in [2.24, 2.45) is 5.92 Å². The van der Waals surface area contributed by atoms with E-state index >= 15 is 0 Å². The molecule has 2 heterocycles. The van der Waals surface area contributed by atoms with Crippen LogP contribution in [-0.2, 0) is 4.79 Å². The van der Waals surface area contributed by atoms with E-state index in [1.54, 1.807) is 0 Å². The third kappa shape index (κ3) is 4.22. The molecular formula is C15H19N3O4S. The number of carboxylic acid groups (broad SMARTS) is 1. The lowest BCUT2D eigenvalue weighted by Gasteiger charge is -2.23. The average Bonchev–Trinajstić information content (AvgIpc) is 3.01. The van der Waals surface area contributed by atoms with Crippen LogP contribution in [0.2, 0.25) is 0 Å². The first-order chi connectivity index (χ1) is 10.9. The first kappa shape index (κ1) is 17.3. The first-order valence-corrected chi connectivity index (χ1v) is 8.41.